The molecule has 7 nitrogen and oxygen atoms in total. The van der Waals surface area contributed by atoms with Crippen LogP contribution in [-0.4, -0.2) is 47.9 Å². The minimum atomic E-state index is -0.985. The van der Waals surface area contributed by atoms with E-state index in [1.165, 1.54) is 26.0 Å². The summed E-state index contributed by atoms with van der Waals surface area (Å²) in [6.45, 7) is 2.99. The lowest BCUT2D eigenvalue weighted by atomic mass is 9.75. The van der Waals surface area contributed by atoms with Gasteiger partial charge >= 0.3 is 17.9 Å². The van der Waals surface area contributed by atoms with E-state index >= 15 is 0 Å². The minimum Gasteiger partial charge on any atom is -0.478 e. The van der Waals surface area contributed by atoms with Crippen molar-refractivity contribution in [1.29, 1.82) is 0 Å². The van der Waals surface area contributed by atoms with Crippen LogP contribution in [0.3, 0.4) is 0 Å². The third kappa shape index (κ3) is 4.47. The van der Waals surface area contributed by atoms with Crippen molar-refractivity contribution >= 4 is 17.9 Å². The van der Waals surface area contributed by atoms with Crippen LogP contribution in [0.15, 0.2) is 24.3 Å². The molecule has 5 atom stereocenters. The van der Waals surface area contributed by atoms with Gasteiger partial charge in [-0.15, -0.1) is 0 Å². The Hall–Kier alpha value is -2.41. The molecule has 27 heavy (non-hydrogen) atoms. The zero-order valence-electron chi connectivity index (χ0n) is 15.4. The van der Waals surface area contributed by atoms with Gasteiger partial charge in [0.15, 0.2) is 0 Å². The highest BCUT2D eigenvalue weighted by Crippen LogP contribution is 2.46. The summed E-state index contributed by atoms with van der Waals surface area (Å²) in [5.41, 5.74) is 1.08. The summed E-state index contributed by atoms with van der Waals surface area (Å²) in [6, 6.07) is 6.54. The highest BCUT2D eigenvalue weighted by atomic mass is 16.6. The van der Waals surface area contributed by atoms with E-state index in [0.717, 1.165) is 18.4 Å². The Morgan fingerprint density at radius 3 is 2.37 bits per heavy atom. The number of aromatic carboxylic acids is 1. The van der Waals surface area contributed by atoms with Gasteiger partial charge in [0.25, 0.3) is 0 Å². The maximum absolute atomic E-state index is 11.7. The van der Waals surface area contributed by atoms with Gasteiger partial charge in [0.05, 0.1) is 24.4 Å². The highest BCUT2D eigenvalue weighted by Gasteiger charge is 2.53. The zero-order valence-corrected chi connectivity index (χ0v) is 15.4. The van der Waals surface area contributed by atoms with E-state index in [-0.39, 0.29) is 48.2 Å². The van der Waals surface area contributed by atoms with Crippen LogP contribution in [0.5, 0.6) is 0 Å². The molecule has 7 heteroatoms. The first-order valence-corrected chi connectivity index (χ1v) is 9.13. The first-order valence-electron chi connectivity index (χ1n) is 9.13. The van der Waals surface area contributed by atoms with Gasteiger partial charge in [0.1, 0.15) is 6.10 Å². The summed E-state index contributed by atoms with van der Waals surface area (Å²) in [6.07, 6.45) is 1.81. The lowest BCUT2D eigenvalue weighted by molar-refractivity contribution is -0.153. The maximum atomic E-state index is 11.7. The van der Waals surface area contributed by atoms with Crippen LogP contribution < -0.4 is 0 Å². The fraction of sp³-hybridized carbons (Fsp3) is 0.550. The quantitative estimate of drug-likeness (QED) is 0.728. The molecule has 2 aliphatic rings. The highest BCUT2D eigenvalue weighted by molar-refractivity contribution is 5.87. The second-order valence-corrected chi connectivity index (χ2v) is 7.19. The number of carbonyl (C=O) groups excluding carboxylic acids is 2. The number of carboxylic acid groups (broad SMARTS) is 1. The number of hydrogen-bond donors (Lipinski definition) is 1. The molecular formula is C20H24O7. The SMILES string of the molecule is CC(=O)OC[C@@H]1C([C@@H](Cc2ccc(C(=O)O)cc2)OC(C)=O)[C@@H]2CC[C@H]1O2. The smallest absolute Gasteiger partial charge is 0.335 e. The number of ether oxygens (including phenoxy) is 3. The number of esters is 2. The van der Waals surface area contributed by atoms with Crippen LogP contribution in [0.25, 0.3) is 0 Å². The first-order chi connectivity index (χ1) is 12.8. The van der Waals surface area contributed by atoms with Crippen molar-refractivity contribution in [3.63, 3.8) is 0 Å². The first kappa shape index (κ1) is 19.4. The third-order valence-corrected chi connectivity index (χ3v) is 5.35. The Balaban J connectivity index is 1.79. The van der Waals surface area contributed by atoms with Crippen molar-refractivity contribution < 1.29 is 33.7 Å². The molecule has 1 aromatic carbocycles. The van der Waals surface area contributed by atoms with E-state index in [1.54, 1.807) is 12.1 Å². The van der Waals surface area contributed by atoms with Gasteiger partial charge in [0.2, 0.25) is 0 Å². The van der Waals surface area contributed by atoms with Crippen LogP contribution in [0, 0.1) is 11.8 Å². The van der Waals surface area contributed by atoms with Gasteiger partial charge in [-0.05, 0) is 30.5 Å². The lowest BCUT2D eigenvalue weighted by Crippen LogP contribution is -2.42. The number of fused-ring (bicyclic) bond motifs is 2. The monoisotopic (exact) mass is 376 g/mol. The Kier molecular flexibility index (Phi) is 5.79. The fourth-order valence-corrected chi connectivity index (χ4v) is 4.24. The Labute approximate surface area is 157 Å². The van der Waals surface area contributed by atoms with Crippen LogP contribution in [0.2, 0.25) is 0 Å². The van der Waals surface area contributed by atoms with Crippen LogP contribution in [0.1, 0.15) is 42.6 Å². The molecule has 2 heterocycles. The van der Waals surface area contributed by atoms with E-state index in [1.807, 2.05) is 0 Å². The number of carboxylic acids is 1. The van der Waals surface area contributed by atoms with Crippen molar-refractivity contribution in [3.8, 4) is 0 Å². The Morgan fingerprint density at radius 2 is 1.78 bits per heavy atom. The molecule has 0 amide bonds. The largest absolute Gasteiger partial charge is 0.478 e. The molecule has 2 bridgehead atoms. The second kappa shape index (κ2) is 8.08. The molecule has 0 radical (unpaired) electrons. The fourth-order valence-electron chi connectivity index (χ4n) is 4.24. The number of benzene rings is 1. The van der Waals surface area contributed by atoms with Crippen molar-refractivity contribution in [1.82, 2.24) is 0 Å². The molecule has 0 aromatic heterocycles. The summed E-state index contributed by atoms with van der Waals surface area (Å²) < 4.78 is 16.9. The van der Waals surface area contributed by atoms with Gasteiger partial charge in [0, 0.05) is 32.1 Å². The second-order valence-electron chi connectivity index (χ2n) is 7.19. The topological polar surface area (TPSA) is 99.1 Å². The molecule has 1 unspecified atom stereocenters. The lowest BCUT2D eigenvalue weighted by Gasteiger charge is -2.33. The predicted molar refractivity (Wildman–Crippen MR) is 94.2 cm³/mol. The van der Waals surface area contributed by atoms with Gasteiger partial charge in [-0.2, -0.15) is 0 Å². The molecule has 2 aliphatic heterocycles. The van der Waals surface area contributed by atoms with Gasteiger partial charge < -0.3 is 19.3 Å². The van der Waals surface area contributed by atoms with E-state index < -0.39 is 12.1 Å². The van der Waals surface area contributed by atoms with Crippen molar-refractivity contribution in [2.75, 3.05) is 6.61 Å². The third-order valence-electron chi connectivity index (χ3n) is 5.35. The maximum Gasteiger partial charge on any atom is 0.335 e. The standard InChI is InChI=1S/C20H24O7/c1-11(21)25-10-15-16-7-8-17(27-16)19(15)18(26-12(2)22)9-13-3-5-14(6-4-13)20(23)24/h3-6,15-19H,7-10H2,1-2H3,(H,23,24)/t15-,16+,17-,18+,19?/m0/s1. The zero-order chi connectivity index (χ0) is 19.6. The molecule has 1 aromatic rings. The number of carbonyl (C=O) groups is 3. The van der Waals surface area contributed by atoms with Gasteiger partial charge in [-0.25, -0.2) is 4.79 Å². The molecule has 2 fully saturated rings. The Bertz CT molecular complexity index is 712. The summed E-state index contributed by atoms with van der Waals surface area (Å²) >= 11 is 0. The minimum absolute atomic E-state index is 0.00629. The van der Waals surface area contributed by atoms with Gasteiger partial charge in [-0.1, -0.05) is 12.1 Å². The molecular weight excluding hydrogens is 352 g/mol. The summed E-state index contributed by atoms with van der Waals surface area (Å²) in [5, 5.41) is 9.03. The molecule has 0 spiro atoms. The number of rotatable bonds is 7. The van der Waals surface area contributed by atoms with E-state index in [9.17, 15) is 14.4 Å². The molecule has 1 N–H and O–H groups in total. The molecule has 0 saturated carbocycles. The van der Waals surface area contributed by atoms with Crippen molar-refractivity contribution in [2.45, 2.75) is 51.4 Å². The van der Waals surface area contributed by atoms with Gasteiger partial charge in [-0.3, -0.25) is 9.59 Å². The summed E-state index contributed by atoms with van der Waals surface area (Å²) in [4.78, 5) is 34.0. The normalized spacial score (nSPS) is 27.2. The molecule has 0 aliphatic carbocycles. The average molecular weight is 376 g/mol. The Morgan fingerprint density at radius 1 is 1.11 bits per heavy atom. The molecule has 3 rings (SSSR count). The van der Waals surface area contributed by atoms with Crippen LogP contribution >= 0.6 is 0 Å². The molecule has 2 saturated heterocycles. The van der Waals surface area contributed by atoms with Crippen LogP contribution in [0.4, 0.5) is 0 Å². The number of hydrogen-bond acceptors (Lipinski definition) is 6. The van der Waals surface area contributed by atoms with E-state index in [2.05, 4.69) is 0 Å². The average Bonchev–Trinajstić information content (AvgIpc) is 3.20. The van der Waals surface area contributed by atoms with E-state index in [0.29, 0.717) is 6.42 Å². The van der Waals surface area contributed by atoms with Crippen LogP contribution in [-0.2, 0) is 30.2 Å². The summed E-state index contributed by atoms with van der Waals surface area (Å²) in [5.74, 6) is -1.79. The van der Waals surface area contributed by atoms with E-state index in [4.69, 9.17) is 19.3 Å². The van der Waals surface area contributed by atoms with Crippen molar-refractivity contribution in [2.24, 2.45) is 11.8 Å². The summed E-state index contributed by atoms with van der Waals surface area (Å²) in [7, 11) is 0. The predicted octanol–water partition coefficient (Wildman–Crippen LogP) is 2.22. The van der Waals surface area contributed by atoms with Crippen molar-refractivity contribution in [3.05, 3.63) is 35.4 Å². The molecule has 146 valence electrons.